The first-order valence-corrected chi connectivity index (χ1v) is 5.06. The second-order valence-corrected chi connectivity index (χ2v) is 3.17. The Morgan fingerprint density at radius 1 is 1.53 bits per heavy atom. The van der Waals surface area contributed by atoms with Crippen LogP contribution in [0.2, 0.25) is 0 Å². The first-order chi connectivity index (χ1) is 7.31. The Balaban J connectivity index is 2.77. The molecule has 0 saturated heterocycles. The van der Waals surface area contributed by atoms with Gasteiger partial charge < -0.3 is 10.2 Å². The molecule has 0 fully saturated rings. The van der Waals surface area contributed by atoms with Crippen LogP contribution in [0, 0.1) is 11.3 Å². The highest BCUT2D eigenvalue weighted by atomic mass is 15.1. The average Bonchev–Trinajstić information content (AvgIpc) is 2.30. The Morgan fingerprint density at radius 2 is 2.33 bits per heavy atom. The number of nitrogens with one attached hydrogen (secondary N) is 1. The van der Waals surface area contributed by atoms with Gasteiger partial charge in [0.05, 0.1) is 36.3 Å². The standard InChI is InChI=1S/C11H16N4/c1-3-15(6-4-5-12)11-7-10(13-2)8-14-9-11/h7-9,13H,3-4,6H2,1-2H3. The minimum Gasteiger partial charge on any atom is -0.387 e. The molecule has 0 spiro atoms. The fraction of sp³-hybridized carbons (Fsp3) is 0.455. The van der Waals surface area contributed by atoms with Crippen LogP contribution in [-0.4, -0.2) is 25.1 Å². The second kappa shape index (κ2) is 5.86. The summed E-state index contributed by atoms with van der Waals surface area (Å²) in [5, 5.41) is 11.6. The lowest BCUT2D eigenvalue weighted by Gasteiger charge is -2.21. The minimum atomic E-state index is 0.539. The van der Waals surface area contributed by atoms with E-state index in [2.05, 4.69) is 28.2 Å². The molecule has 0 aliphatic rings. The van der Waals surface area contributed by atoms with Crippen molar-refractivity contribution >= 4 is 11.4 Å². The van der Waals surface area contributed by atoms with Crippen LogP contribution in [0.4, 0.5) is 11.4 Å². The second-order valence-electron chi connectivity index (χ2n) is 3.17. The van der Waals surface area contributed by atoms with Crippen LogP contribution >= 0.6 is 0 Å². The summed E-state index contributed by atoms with van der Waals surface area (Å²) in [4.78, 5) is 6.28. The lowest BCUT2D eigenvalue weighted by molar-refractivity contribution is 0.824. The van der Waals surface area contributed by atoms with Crippen LogP contribution < -0.4 is 10.2 Å². The van der Waals surface area contributed by atoms with E-state index in [4.69, 9.17) is 5.26 Å². The summed E-state index contributed by atoms with van der Waals surface area (Å²) in [6.07, 6.45) is 4.14. The number of hydrogen-bond donors (Lipinski definition) is 1. The number of nitrogens with zero attached hydrogens (tertiary/aromatic N) is 3. The molecule has 0 saturated carbocycles. The van der Waals surface area contributed by atoms with Gasteiger partial charge in [0.1, 0.15) is 0 Å². The molecule has 0 radical (unpaired) electrons. The third kappa shape index (κ3) is 3.13. The molecule has 1 aromatic rings. The van der Waals surface area contributed by atoms with Crippen LogP contribution in [0.3, 0.4) is 0 Å². The van der Waals surface area contributed by atoms with Crippen molar-refractivity contribution in [3.63, 3.8) is 0 Å². The highest BCUT2D eigenvalue weighted by Crippen LogP contribution is 2.17. The Kier molecular flexibility index (Phi) is 4.42. The minimum absolute atomic E-state index is 0.539. The highest BCUT2D eigenvalue weighted by molar-refractivity contribution is 5.55. The lowest BCUT2D eigenvalue weighted by atomic mass is 10.3. The maximum Gasteiger partial charge on any atom is 0.0640 e. The Bertz CT molecular complexity index is 343. The number of anilines is 2. The van der Waals surface area contributed by atoms with Crippen molar-refractivity contribution in [1.82, 2.24) is 4.98 Å². The fourth-order valence-electron chi connectivity index (χ4n) is 1.39. The predicted octanol–water partition coefficient (Wildman–Crippen LogP) is 1.86. The summed E-state index contributed by atoms with van der Waals surface area (Å²) in [5.74, 6) is 0. The summed E-state index contributed by atoms with van der Waals surface area (Å²) in [6, 6.07) is 4.19. The summed E-state index contributed by atoms with van der Waals surface area (Å²) < 4.78 is 0. The maximum absolute atomic E-state index is 8.55. The van der Waals surface area contributed by atoms with E-state index < -0.39 is 0 Å². The molecule has 0 aliphatic heterocycles. The molecule has 0 atom stereocenters. The first-order valence-electron chi connectivity index (χ1n) is 5.06. The van der Waals surface area contributed by atoms with Gasteiger partial charge in [-0.2, -0.15) is 5.26 Å². The summed E-state index contributed by atoms with van der Waals surface area (Å²) in [7, 11) is 1.87. The van der Waals surface area contributed by atoms with E-state index in [9.17, 15) is 0 Å². The number of pyridine rings is 1. The zero-order chi connectivity index (χ0) is 11.1. The maximum atomic E-state index is 8.55. The largest absolute Gasteiger partial charge is 0.387 e. The molecule has 0 unspecified atom stereocenters. The smallest absolute Gasteiger partial charge is 0.0640 e. The van der Waals surface area contributed by atoms with E-state index in [1.807, 2.05) is 19.3 Å². The van der Waals surface area contributed by atoms with E-state index in [1.165, 1.54) is 0 Å². The molecule has 0 aliphatic carbocycles. The summed E-state index contributed by atoms with van der Waals surface area (Å²) in [6.45, 7) is 3.71. The number of rotatable bonds is 5. The molecular weight excluding hydrogens is 188 g/mol. The van der Waals surface area contributed by atoms with Crippen molar-refractivity contribution in [1.29, 1.82) is 5.26 Å². The molecule has 80 valence electrons. The number of hydrogen-bond acceptors (Lipinski definition) is 4. The molecular formula is C11H16N4. The SMILES string of the molecule is CCN(CCC#N)c1cncc(NC)c1. The van der Waals surface area contributed by atoms with Crippen LogP contribution in [-0.2, 0) is 0 Å². The number of nitriles is 1. The van der Waals surface area contributed by atoms with Gasteiger partial charge in [-0.1, -0.05) is 0 Å². The molecule has 1 aromatic heterocycles. The fourth-order valence-corrected chi connectivity index (χ4v) is 1.39. The molecule has 1 rings (SSSR count). The molecule has 15 heavy (non-hydrogen) atoms. The van der Waals surface area contributed by atoms with Gasteiger partial charge in [0.25, 0.3) is 0 Å². The van der Waals surface area contributed by atoms with Gasteiger partial charge in [0.15, 0.2) is 0 Å². The van der Waals surface area contributed by atoms with Crippen LogP contribution in [0.1, 0.15) is 13.3 Å². The van der Waals surface area contributed by atoms with E-state index >= 15 is 0 Å². The molecule has 1 N–H and O–H groups in total. The summed E-state index contributed by atoms with van der Waals surface area (Å²) >= 11 is 0. The van der Waals surface area contributed by atoms with Crippen molar-refractivity contribution in [3.05, 3.63) is 18.5 Å². The average molecular weight is 204 g/mol. The lowest BCUT2D eigenvalue weighted by Crippen LogP contribution is -2.23. The van der Waals surface area contributed by atoms with Crippen molar-refractivity contribution in [2.24, 2.45) is 0 Å². The van der Waals surface area contributed by atoms with Crippen molar-refractivity contribution < 1.29 is 0 Å². The van der Waals surface area contributed by atoms with Gasteiger partial charge in [0.2, 0.25) is 0 Å². The Hall–Kier alpha value is -1.76. The monoisotopic (exact) mass is 204 g/mol. The zero-order valence-electron chi connectivity index (χ0n) is 9.20. The molecule has 4 nitrogen and oxygen atoms in total. The van der Waals surface area contributed by atoms with Crippen molar-refractivity contribution in [3.8, 4) is 6.07 Å². The van der Waals surface area contributed by atoms with Gasteiger partial charge in [-0.15, -0.1) is 0 Å². The summed E-state index contributed by atoms with van der Waals surface area (Å²) in [5.41, 5.74) is 2.04. The van der Waals surface area contributed by atoms with Gasteiger partial charge in [-0.05, 0) is 13.0 Å². The van der Waals surface area contributed by atoms with Gasteiger partial charge in [0, 0.05) is 20.1 Å². The molecule has 1 heterocycles. The number of aromatic nitrogens is 1. The predicted molar refractivity (Wildman–Crippen MR) is 61.9 cm³/mol. The topological polar surface area (TPSA) is 52.0 Å². The quantitative estimate of drug-likeness (QED) is 0.795. The van der Waals surface area contributed by atoms with Crippen molar-refractivity contribution in [2.45, 2.75) is 13.3 Å². The van der Waals surface area contributed by atoms with E-state index in [0.29, 0.717) is 6.42 Å². The van der Waals surface area contributed by atoms with E-state index in [-0.39, 0.29) is 0 Å². The van der Waals surface area contributed by atoms with Crippen LogP contribution in [0.5, 0.6) is 0 Å². The highest BCUT2D eigenvalue weighted by Gasteiger charge is 2.04. The van der Waals surface area contributed by atoms with E-state index in [1.54, 1.807) is 6.20 Å². The van der Waals surface area contributed by atoms with Gasteiger partial charge >= 0.3 is 0 Å². The zero-order valence-corrected chi connectivity index (χ0v) is 9.20. The van der Waals surface area contributed by atoms with Crippen LogP contribution in [0.25, 0.3) is 0 Å². The van der Waals surface area contributed by atoms with E-state index in [0.717, 1.165) is 24.5 Å². The normalized spacial score (nSPS) is 9.40. The Morgan fingerprint density at radius 3 is 2.93 bits per heavy atom. The van der Waals surface area contributed by atoms with Crippen LogP contribution in [0.15, 0.2) is 18.5 Å². The molecule has 0 bridgehead atoms. The molecule has 4 heteroatoms. The van der Waals surface area contributed by atoms with Crippen molar-refractivity contribution in [2.75, 3.05) is 30.4 Å². The first kappa shape index (κ1) is 11.3. The Labute approximate surface area is 90.5 Å². The molecule has 0 aromatic carbocycles. The third-order valence-corrected chi connectivity index (χ3v) is 2.25. The molecule has 0 amide bonds. The van der Waals surface area contributed by atoms with Gasteiger partial charge in [-0.25, -0.2) is 0 Å². The van der Waals surface area contributed by atoms with Gasteiger partial charge in [-0.3, -0.25) is 4.98 Å². The third-order valence-electron chi connectivity index (χ3n) is 2.25.